The quantitative estimate of drug-likeness (QED) is 0.381. The number of carbonyl (C=O) groups excluding carboxylic acids is 1. The number of unbranched alkanes of at least 4 members (excludes halogenated alkanes) is 3. The summed E-state index contributed by atoms with van der Waals surface area (Å²) >= 11 is 0. The lowest BCUT2D eigenvalue weighted by atomic mass is 9.94. The van der Waals surface area contributed by atoms with E-state index in [1.54, 1.807) is 12.2 Å². The number of hydrogen-bond acceptors (Lipinski definition) is 4. The first-order valence-electron chi connectivity index (χ1n) is 7.53. The molecule has 0 saturated carbocycles. The van der Waals surface area contributed by atoms with Gasteiger partial charge in [0, 0.05) is 12.7 Å². The molecule has 5 nitrogen and oxygen atoms in total. The van der Waals surface area contributed by atoms with Gasteiger partial charge >= 0.3 is 11.9 Å². The molecule has 1 atom stereocenters. The Labute approximate surface area is 131 Å². The molecule has 0 aromatic heterocycles. The monoisotopic (exact) mass is 308 g/mol. The van der Waals surface area contributed by atoms with Gasteiger partial charge in [0.2, 0.25) is 0 Å². The zero-order valence-electron chi connectivity index (χ0n) is 13.0. The van der Waals surface area contributed by atoms with E-state index in [1.807, 2.05) is 13.0 Å². The third kappa shape index (κ3) is 6.72. The standard InChI is InChI=1S/C17H24O5/c1-3-15(18)21-12-6-4-5-7-13-22-17(2)10-8-14(9-11-17)16(19)20/h3,8-10H,1,4-7,11-13H2,2H3,(H,19,20). The van der Waals surface area contributed by atoms with Crippen LogP contribution in [-0.4, -0.2) is 35.9 Å². The molecule has 5 heteroatoms. The van der Waals surface area contributed by atoms with Crippen LogP contribution >= 0.6 is 0 Å². The normalized spacial score (nSPS) is 20.3. The van der Waals surface area contributed by atoms with Gasteiger partial charge in [0.1, 0.15) is 0 Å². The highest BCUT2D eigenvalue weighted by Crippen LogP contribution is 2.25. The minimum absolute atomic E-state index is 0.315. The van der Waals surface area contributed by atoms with Crippen molar-refractivity contribution in [2.45, 2.75) is 44.6 Å². The first kappa shape index (κ1) is 18.2. The molecule has 0 aromatic carbocycles. The lowest BCUT2D eigenvalue weighted by molar-refractivity contribution is -0.138. The Morgan fingerprint density at radius 2 is 2.00 bits per heavy atom. The van der Waals surface area contributed by atoms with Crippen molar-refractivity contribution in [3.05, 3.63) is 36.5 Å². The number of esters is 1. The summed E-state index contributed by atoms with van der Waals surface area (Å²) in [6.07, 6.45) is 10.6. The first-order valence-corrected chi connectivity index (χ1v) is 7.53. The largest absolute Gasteiger partial charge is 0.478 e. The van der Waals surface area contributed by atoms with E-state index in [2.05, 4.69) is 6.58 Å². The van der Waals surface area contributed by atoms with Crippen LogP contribution < -0.4 is 0 Å². The molecule has 0 bridgehead atoms. The Balaban J connectivity index is 2.08. The average Bonchev–Trinajstić information content (AvgIpc) is 2.50. The minimum atomic E-state index is -0.907. The van der Waals surface area contributed by atoms with Crippen LogP contribution in [-0.2, 0) is 19.1 Å². The Morgan fingerprint density at radius 1 is 1.32 bits per heavy atom. The van der Waals surface area contributed by atoms with Gasteiger partial charge in [-0.15, -0.1) is 0 Å². The summed E-state index contributed by atoms with van der Waals surface area (Å²) in [5.41, 5.74) is -0.103. The Bertz CT molecular complexity index is 464. The fourth-order valence-electron chi connectivity index (χ4n) is 2.08. The van der Waals surface area contributed by atoms with Crippen LogP contribution in [0.3, 0.4) is 0 Å². The molecule has 0 amide bonds. The van der Waals surface area contributed by atoms with E-state index in [1.165, 1.54) is 0 Å². The average molecular weight is 308 g/mol. The molecule has 0 saturated heterocycles. The smallest absolute Gasteiger partial charge is 0.335 e. The van der Waals surface area contributed by atoms with Crippen molar-refractivity contribution in [2.24, 2.45) is 0 Å². The van der Waals surface area contributed by atoms with Gasteiger partial charge in [-0.3, -0.25) is 0 Å². The number of aliphatic carboxylic acids is 1. The topological polar surface area (TPSA) is 72.8 Å². The van der Waals surface area contributed by atoms with E-state index < -0.39 is 11.6 Å². The molecule has 1 aliphatic rings. The molecule has 1 N–H and O–H groups in total. The second kappa shape index (κ2) is 9.20. The summed E-state index contributed by atoms with van der Waals surface area (Å²) in [7, 11) is 0. The number of carbonyl (C=O) groups is 2. The zero-order valence-corrected chi connectivity index (χ0v) is 13.0. The van der Waals surface area contributed by atoms with E-state index >= 15 is 0 Å². The van der Waals surface area contributed by atoms with Gasteiger partial charge in [-0.25, -0.2) is 9.59 Å². The van der Waals surface area contributed by atoms with Gasteiger partial charge in [-0.05, 0) is 38.7 Å². The molecule has 0 spiro atoms. The van der Waals surface area contributed by atoms with Crippen LogP contribution in [0, 0.1) is 0 Å². The highest BCUT2D eigenvalue weighted by molar-refractivity contribution is 5.90. The summed E-state index contributed by atoms with van der Waals surface area (Å²) < 4.78 is 10.7. The minimum Gasteiger partial charge on any atom is -0.478 e. The van der Waals surface area contributed by atoms with Crippen molar-refractivity contribution >= 4 is 11.9 Å². The van der Waals surface area contributed by atoms with Crippen molar-refractivity contribution in [3.63, 3.8) is 0 Å². The highest BCUT2D eigenvalue weighted by atomic mass is 16.5. The maximum atomic E-state index is 10.8. The SMILES string of the molecule is C=CC(=O)OCCCCCCOC1(C)C=CC(C(=O)O)=CC1. The number of ether oxygens (including phenoxy) is 2. The van der Waals surface area contributed by atoms with Crippen LogP contribution in [0.1, 0.15) is 39.0 Å². The van der Waals surface area contributed by atoms with Gasteiger partial charge in [0.15, 0.2) is 0 Å². The van der Waals surface area contributed by atoms with Crippen molar-refractivity contribution in [1.82, 2.24) is 0 Å². The summed E-state index contributed by atoms with van der Waals surface area (Å²) in [5, 5.41) is 8.88. The molecule has 0 aromatic rings. The van der Waals surface area contributed by atoms with E-state index in [-0.39, 0.29) is 5.97 Å². The summed E-state index contributed by atoms with van der Waals surface area (Å²) in [6, 6.07) is 0. The van der Waals surface area contributed by atoms with Crippen molar-refractivity contribution < 1.29 is 24.2 Å². The molecule has 1 aliphatic carbocycles. The second-order valence-corrected chi connectivity index (χ2v) is 5.45. The van der Waals surface area contributed by atoms with Crippen LogP contribution in [0.4, 0.5) is 0 Å². The second-order valence-electron chi connectivity index (χ2n) is 5.45. The van der Waals surface area contributed by atoms with Gasteiger partial charge in [0.05, 0.1) is 17.8 Å². The van der Waals surface area contributed by atoms with Gasteiger partial charge in [-0.2, -0.15) is 0 Å². The predicted molar refractivity (Wildman–Crippen MR) is 83.5 cm³/mol. The third-order valence-electron chi connectivity index (χ3n) is 3.47. The van der Waals surface area contributed by atoms with Gasteiger partial charge in [0.25, 0.3) is 0 Å². The molecule has 1 unspecified atom stereocenters. The van der Waals surface area contributed by atoms with Crippen molar-refractivity contribution in [2.75, 3.05) is 13.2 Å². The molecular weight excluding hydrogens is 284 g/mol. The van der Waals surface area contributed by atoms with E-state index in [0.29, 0.717) is 25.2 Å². The molecule has 0 heterocycles. The number of carboxylic acid groups (broad SMARTS) is 1. The van der Waals surface area contributed by atoms with Crippen LogP contribution in [0.2, 0.25) is 0 Å². The predicted octanol–water partition coefficient (Wildman–Crippen LogP) is 3.02. The molecular formula is C17H24O5. The van der Waals surface area contributed by atoms with Crippen LogP contribution in [0.5, 0.6) is 0 Å². The van der Waals surface area contributed by atoms with Crippen LogP contribution in [0.15, 0.2) is 36.5 Å². The van der Waals surface area contributed by atoms with E-state index in [4.69, 9.17) is 14.6 Å². The van der Waals surface area contributed by atoms with E-state index in [9.17, 15) is 9.59 Å². The van der Waals surface area contributed by atoms with Crippen molar-refractivity contribution in [1.29, 1.82) is 0 Å². The van der Waals surface area contributed by atoms with E-state index in [0.717, 1.165) is 31.8 Å². The summed E-state index contributed by atoms with van der Waals surface area (Å²) in [4.78, 5) is 21.6. The fourth-order valence-corrected chi connectivity index (χ4v) is 2.08. The molecule has 1 rings (SSSR count). The number of carboxylic acids is 1. The fraction of sp³-hybridized carbons (Fsp3) is 0.529. The summed E-state index contributed by atoms with van der Waals surface area (Å²) in [6.45, 7) is 6.34. The maximum Gasteiger partial charge on any atom is 0.335 e. The lowest BCUT2D eigenvalue weighted by Crippen LogP contribution is -2.28. The molecule has 122 valence electrons. The lowest BCUT2D eigenvalue weighted by Gasteiger charge is -2.28. The Morgan fingerprint density at radius 3 is 2.55 bits per heavy atom. The molecule has 0 aliphatic heterocycles. The number of hydrogen-bond donors (Lipinski definition) is 1. The van der Waals surface area contributed by atoms with Crippen LogP contribution in [0.25, 0.3) is 0 Å². The number of rotatable bonds is 10. The first-order chi connectivity index (χ1) is 10.5. The molecule has 0 fully saturated rings. The molecule has 0 radical (unpaired) electrons. The van der Waals surface area contributed by atoms with Crippen molar-refractivity contribution in [3.8, 4) is 0 Å². The van der Waals surface area contributed by atoms with Gasteiger partial charge in [-0.1, -0.05) is 25.2 Å². The maximum absolute atomic E-state index is 10.8. The third-order valence-corrected chi connectivity index (χ3v) is 3.47. The zero-order chi connectivity index (χ0) is 16.4. The van der Waals surface area contributed by atoms with Gasteiger partial charge < -0.3 is 14.6 Å². The Kier molecular flexibility index (Phi) is 7.60. The highest BCUT2D eigenvalue weighted by Gasteiger charge is 2.24. The Hall–Kier alpha value is -1.88. The molecule has 22 heavy (non-hydrogen) atoms. The summed E-state index contributed by atoms with van der Waals surface area (Å²) in [5.74, 6) is -1.29.